The van der Waals surface area contributed by atoms with Gasteiger partial charge in [0.1, 0.15) is 0 Å². The zero-order valence-corrected chi connectivity index (χ0v) is 14.6. The summed E-state index contributed by atoms with van der Waals surface area (Å²) in [5, 5.41) is 11.6. The second-order valence-corrected chi connectivity index (χ2v) is 6.58. The number of piperidine rings is 1. The molecule has 0 saturated carbocycles. The Hall–Kier alpha value is -2.96. The van der Waals surface area contributed by atoms with Crippen LogP contribution in [0.5, 0.6) is 0 Å². The second kappa shape index (κ2) is 7.51. The molecule has 1 atom stereocenters. The first-order valence-corrected chi connectivity index (χ1v) is 9.03. The van der Waals surface area contributed by atoms with E-state index in [0.717, 1.165) is 43.1 Å². The van der Waals surface area contributed by atoms with E-state index in [2.05, 4.69) is 25.4 Å². The Labute approximate surface area is 152 Å². The largest absolute Gasteiger partial charge is 0.355 e. The predicted molar refractivity (Wildman–Crippen MR) is 98.9 cm³/mol. The van der Waals surface area contributed by atoms with Crippen molar-refractivity contribution >= 4 is 17.5 Å². The fourth-order valence-electron chi connectivity index (χ4n) is 3.42. The molecule has 1 aliphatic heterocycles. The molecule has 4 heterocycles. The smallest absolute Gasteiger partial charge is 0.231 e. The number of pyridine rings is 2. The van der Waals surface area contributed by atoms with Gasteiger partial charge in [-0.1, -0.05) is 12.1 Å². The van der Waals surface area contributed by atoms with Crippen LogP contribution in [0, 0.1) is 5.92 Å². The lowest BCUT2D eigenvalue weighted by atomic mass is 9.97. The van der Waals surface area contributed by atoms with Gasteiger partial charge in [0.25, 0.3) is 0 Å². The minimum absolute atomic E-state index is 0.0245. The van der Waals surface area contributed by atoms with Gasteiger partial charge in [-0.15, -0.1) is 10.2 Å². The van der Waals surface area contributed by atoms with Gasteiger partial charge in [0.2, 0.25) is 11.9 Å². The Kier molecular flexibility index (Phi) is 4.77. The first-order chi connectivity index (χ1) is 12.8. The van der Waals surface area contributed by atoms with Crippen molar-refractivity contribution in [2.45, 2.75) is 19.3 Å². The van der Waals surface area contributed by atoms with Crippen LogP contribution in [-0.4, -0.2) is 45.1 Å². The molecule has 7 heteroatoms. The number of amides is 1. The monoisotopic (exact) mass is 350 g/mol. The number of nitrogens with one attached hydrogen (secondary N) is 1. The van der Waals surface area contributed by atoms with Crippen LogP contribution < -0.4 is 10.2 Å². The van der Waals surface area contributed by atoms with Crippen LogP contribution in [0.4, 0.5) is 5.95 Å². The number of fused-ring (bicyclic) bond motifs is 1. The summed E-state index contributed by atoms with van der Waals surface area (Å²) in [4.78, 5) is 19.0. The fourth-order valence-corrected chi connectivity index (χ4v) is 3.42. The van der Waals surface area contributed by atoms with E-state index in [0.29, 0.717) is 13.1 Å². The lowest BCUT2D eigenvalue weighted by molar-refractivity contribution is -0.125. The van der Waals surface area contributed by atoms with Gasteiger partial charge in [-0.05, 0) is 37.1 Å². The molecule has 0 radical (unpaired) electrons. The van der Waals surface area contributed by atoms with E-state index in [1.165, 1.54) is 0 Å². The van der Waals surface area contributed by atoms with Crippen LogP contribution in [0.1, 0.15) is 18.5 Å². The Balaban J connectivity index is 1.36. The maximum Gasteiger partial charge on any atom is 0.231 e. The fraction of sp³-hybridized carbons (Fsp3) is 0.368. The summed E-state index contributed by atoms with van der Waals surface area (Å²) in [6, 6.07) is 11.7. The molecule has 4 rings (SSSR count). The van der Waals surface area contributed by atoms with Gasteiger partial charge in [-0.3, -0.25) is 14.2 Å². The zero-order valence-electron chi connectivity index (χ0n) is 14.6. The van der Waals surface area contributed by atoms with E-state index in [1.54, 1.807) is 6.20 Å². The molecule has 3 aromatic rings. The molecule has 0 spiro atoms. The van der Waals surface area contributed by atoms with E-state index >= 15 is 0 Å². The zero-order chi connectivity index (χ0) is 17.8. The third kappa shape index (κ3) is 3.51. The minimum Gasteiger partial charge on any atom is -0.355 e. The van der Waals surface area contributed by atoms with E-state index in [-0.39, 0.29) is 11.8 Å². The summed E-state index contributed by atoms with van der Waals surface area (Å²) in [7, 11) is 0. The number of hydrogen-bond donors (Lipinski definition) is 1. The van der Waals surface area contributed by atoms with Crippen molar-refractivity contribution < 1.29 is 4.79 Å². The minimum atomic E-state index is -0.0245. The SMILES string of the molecule is O=C(NCCc1ccccn1)C1CCCN(c2nnc3ccccn23)C1. The normalized spacial score (nSPS) is 17.4. The third-order valence-corrected chi connectivity index (χ3v) is 4.78. The molecule has 1 saturated heterocycles. The highest BCUT2D eigenvalue weighted by Gasteiger charge is 2.27. The Bertz CT molecular complexity index is 878. The highest BCUT2D eigenvalue weighted by Crippen LogP contribution is 2.22. The molecule has 0 aliphatic carbocycles. The number of hydrogen-bond acceptors (Lipinski definition) is 5. The molecular weight excluding hydrogens is 328 g/mol. The van der Waals surface area contributed by atoms with Gasteiger partial charge in [-0.25, -0.2) is 0 Å². The van der Waals surface area contributed by atoms with E-state index in [9.17, 15) is 4.79 Å². The van der Waals surface area contributed by atoms with Gasteiger partial charge in [0, 0.05) is 44.1 Å². The summed E-state index contributed by atoms with van der Waals surface area (Å²) in [6.45, 7) is 2.18. The molecular formula is C19H22N6O. The van der Waals surface area contributed by atoms with Crippen molar-refractivity contribution in [3.63, 3.8) is 0 Å². The van der Waals surface area contributed by atoms with Gasteiger partial charge < -0.3 is 10.2 Å². The van der Waals surface area contributed by atoms with Gasteiger partial charge in [0.05, 0.1) is 5.92 Å². The highest BCUT2D eigenvalue weighted by molar-refractivity contribution is 5.79. The number of carbonyl (C=O) groups is 1. The van der Waals surface area contributed by atoms with Crippen molar-refractivity contribution in [2.24, 2.45) is 5.92 Å². The quantitative estimate of drug-likeness (QED) is 0.758. The summed E-state index contributed by atoms with van der Waals surface area (Å²) in [6.07, 6.45) is 6.36. The molecule has 134 valence electrons. The molecule has 0 aromatic carbocycles. The number of anilines is 1. The maximum absolute atomic E-state index is 12.6. The predicted octanol–water partition coefficient (Wildman–Crippen LogP) is 1.70. The Morgan fingerprint density at radius 3 is 3.00 bits per heavy atom. The Morgan fingerprint density at radius 1 is 1.19 bits per heavy atom. The summed E-state index contributed by atoms with van der Waals surface area (Å²) in [5.41, 5.74) is 1.82. The standard InChI is InChI=1S/C19H22N6O/c26-18(21-11-9-16-7-1-3-10-20-16)15-6-5-12-24(14-15)19-23-22-17-8-2-4-13-25(17)19/h1-4,7-8,10,13,15H,5-6,9,11-12,14H2,(H,21,26). The number of aromatic nitrogens is 4. The van der Waals surface area contributed by atoms with Crippen LogP contribution in [0.2, 0.25) is 0 Å². The lowest BCUT2D eigenvalue weighted by Gasteiger charge is -2.32. The molecule has 1 N–H and O–H groups in total. The van der Waals surface area contributed by atoms with Crippen molar-refractivity contribution in [2.75, 3.05) is 24.5 Å². The molecule has 1 aliphatic rings. The second-order valence-electron chi connectivity index (χ2n) is 6.58. The summed E-state index contributed by atoms with van der Waals surface area (Å²) < 4.78 is 1.97. The summed E-state index contributed by atoms with van der Waals surface area (Å²) >= 11 is 0. The average molecular weight is 350 g/mol. The molecule has 26 heavy (non-hydrogen) atoms. The molecule has 3 aromatic heterocycles. The number of nitrogens with zero attached hydrogens (tertiary/aromatic N) is 5. The van der Waals surface area contributed by atoms with Crippen LogP contribution in [0.25, 0.3) is 5.65 Å². The van der Waals surface area contributed by atoms with Crippen molar-refractivity contribution in [3.05, 3.63) is 54.5 Å². The topological polar surface area (TPSA) is 75.4 Å². The molecule has 1 fully saturated rings. The summed E-state index contributed by atoms with van der Waals surface area (Å²) in [5.74, 6) is 0.898. The van der Waals surface area contributed by atoms with E-state index < -0.39 is 0 Å². The average Bonchev–Trinajstić information content (AvgIpc) is 3.13. The van der Waals surface area contributed by atoms with Gasteiger partial charge in [-0.2, -0.15) is 0 Å². The molecule has 1 unspecified atom stereocenters. The van der Waals surface area contributed by atoms with Gasteiger partial charge in [0.15, 0.2) is 5.65 Å². The van der Waals surface area contributed by atoms with Crippen molar-refractivity contribution in [3.8, 4) is 0 Å². The van der Waals surface area contributed by atoms with Crippen LogP contribution in [0.15, 0.2) is 48.8 Å². The van der Waals surface area contributed by atoms with Crippen LogP contribution >= 0.6 is 0 Å². The molecule has 0 bridgehead atoms. The highest BCUT2D eigenvalue weighted by atomic mass is 16.1. The molecule has 7 nitrogen and oxygen atoms in total. The van der Waals surface area contributed by atoms with Crippen molar-refractivity contribution in [1.82, 2.24) is 24.9 Å². The van der Waals surface area contributed by atoms with Gasteiger partial charge >= 0.3 is 0 Å². The maximum atomic E-state index is 12.6. The van der Waals surface area contributed by atoms with Crippen LogP contribution in [0.3, 0.4) is 0 Å². The lowest BCUT2D eigenvalue weighted by Crippen LogP contribution is -2.44. The Morgan fingerprint density at radius 2 is 2.12 bits per heavy atom. The van der Waals surface area contributed by atoms with E-state index in [1.807, 2.05) is 47.0 Å². The van der Waals surface area contributed by atoms with E-state index in [4.69, 9.17) is 0 Å². The van der Waals surface area contributed by atoms with Crippen LogP contribution in [-0.2, 0) is 11.2 Å². The molecule has 1 amide bonds. The van der Waals surface area contributed by atoms with Crippen molar-refractivity contribution in [1.29, 1.82) is 0 Å². The number of rotatable bonds is 5. The first-order valence-electron chi connectivity index (χ1n) is 9.03. The third-order valence-electron chi connectivity index (χ3n) is 4.78. The first kappa shape index (κ1) is 16.5. The number of carbonyl (C=O) groups excluding carboxylic acids is 1.